The van der Waals surface area contributed by atoms with Crippen molar-refractivity contribution in [1.82, 2.24) is 14.5 Å². The lowest BCUT2D eigenvalue weighted by atomic mass is 10.1. The van der Waals surface area contributed by atoms with Gasteiger partial charge >= 0.3 is 0 Å². The first-order valence-corrected chi connectivity index (χ1v) is 4.62. The molecule has 2 aromatic heterocycles. The van der Waals surface area contributed by atoms with Crippen molar-refractivity contribution in [2.75, 3.05) is 0 Å². The molecule has 0 saturated carbocycles. The number of pyridine rings is 1. The van der Waals surface area contributed by atoms with E-state index in [1.165, 1.54) is 0 Å². The Morgan fingerprint density at radius 2 is 2.20 bits per heavy atom. The van der Waals surface area contributed by atoms with Crippen LogP contribution in [0.3, 0.4) is 0 Å². The van der Waals surface area contributed by atoms with Gasteiger partial charge in [0.1, 0.15) is 0 Å². The number of carbonyl (C=O) groups excluding carboxylic acids is 1. The third-order valence-corrected chi connectivity index (χ3v) is 2.16. The Labute approximate surface area is 87.6 Å². The van der Waals surface area contributed by atoms with Gasteiger partial charge in [0.25, 0.3) is 0 Å². The molecule has 0 saturated heterocycles. The number of aromatic nitrogens is 3. The number of hydrogen-bond donors (Lipinski definition) is 0. The molecule has 0 bridgehead atoms. The van der Waals surface area contributed by atoms with Crippen molar-refractivity contribution in [3.63, 3.8) is 0 Å². The Bertz CT molecular complexity index is 502. The number of imidazole rings is 1. The molecule has 76 valence electrons. The highest BCUT2D eigenvalue weighted by Gasteiger charge is 2.13. The Hall–Kier alpha value is -1.97. The summed E-state index contributed by atoms with van der Waals surface area (Å²) in [7, 11) is 1.80. The van der Waals surface area contributed by atoms with Gasteiger partial charge in [-0.25, -0.2) is 4.98 Å². The molecule has 0 N–H and O–H groups in total. The maximum Gasteiger partial charge on any atom is 0.229 e. The van der Waals surface area contributed by atoms with Crippen LogP contribution in [0.25, 0.3) is 0 Å². The van der Waals surface area contributed by atoms with Crippen LogP contribution in [-0.2, 0) is 7.05 Å². The van der Waals surface area contributed by atoms with E-state index >= 15 is 0 Å². The SMILES string of the molecule is Cc1cncc(C(=O)c2nccn2C)c1. The van der Waals surface area contributed by atoms with Crippen LogP contribution in [0, 0.1) is 6.92 Å². The molecule has 0 amide bonds. The van der Waals surface area contributed by atoms with Gasteiger partial charge < -0.3 is 4.57 Å². The van der Waals surface area contributed by atoms with Crippen LogP contribution in [0.15, 0.2) is 30.9 Å². The van der Waals surface area contributed by atoms with E-state index < -0.39 is 0 Å². The van der Waals surface area contributed by atoms with Gasteiger partial charge in [0.2, 0.25) is 5.78 Å². The molecular weight excluding hydrogens is 190 g/mol. The van der Waals surface area contributed by atoms with Crippen LogP contribution in [0.1, 0.15) is 21.7 Å². The molecule has 2 aromatic rings. The topological polar surface area (TPSA) is 47.8 Å². The second kappa shape index (κ2) is 3.65. The maximum atomic E-state index is 12.0. The fourth-order valence-electron chi connectivity index (χ4n) is 1.39. The van der Waals surface area contributed by atoms with Crippen LogP contribution in [0.5, 0.6) is 0 Å². The smallest absolute Gasteiger partial charge is 0.229 e. The largest absolute Gasteiger partial charge is 0.331 e. The third-order valence-electron chi connectivity index (χ3n) is 2.16. The van der Waals surface area contributed by atoms with E-state index in [1.54, 1.807) is 36.4 Å². The summed E-state index contributed by atoms with van der Waals surface area (Å²) in [5.74, 6) is 0.334. The Morgan fingerprint density at radius 1 is 1.40 bits per heavy atom. The molecule has 0 spiro atoms. The summed E-state index contributed by atoms with van der Waals surface area (Å²) >= 11 is 0. The van der Waals surface area contributed by atoms with Crippen molar-refractivity contribution in [1.29, 1.82) is 0 Å². The molecule has 0 atom stereocenters. The summed E-state index contributed by atoms with van der Waals surface area (Å²) in [5.41, 5.74) is 1.54. The van der Waals surface area contributed by atoms with Gasteiger partial charge in [-0.2, -0.15) is 0 Å². The first-order chi connectivity index (χ1) is 7.18. The molecule has 0 aromatic carbocycles. The molecule has 0 fully saturated rings. The molecule has 15 heavy (non-hydrogen) atoms. The van der Waals surface area contributed by atoms with Gasteiger partial charge in [0.05, 0.1) is 0 Å². The maximum absolute atomic E-state index is 12.0. The van der Waals surface area contributed by atoms with Crippen LogP contribution in [-0.4, -0.2) is 20.3 Å². The standard InChI is InChI=1S/C11H11N3O/c1-8-5-9(7-12-6-8)10(15)11-13-3-4-14(11)2/h3-7H,1-2H3. The van der Waals surface area contributed by atoms with E-state index in [2.05, 4.69) is 9.97 Å². The molecule has 2 rings (SSSR count). The first-order valence-electron chi connectivity index (χ1n) is 4.62. The molecule has 0 aliphatic heterocycles. The fourth-order valence-corrected chi connectivity index (χ4v) is 1.39. The summed E-state index contributed by atoms with van der Waals surface area (Å²) in [4.78, 5) is 20.0. The van der Waals surface area contributed by atoms with Crippen molar-refractivity contribution in [3.8, 4) is 0 Å². The lowest BCUT2D eigenvalue weighted by molar-refractivity contribution is 0.102. The zero-order chi connectivity index (χ0) is 10.8. The van der Waals surface area contributed by atoms with Crippen molar-refractivity contribution in [3.05, 3.63) is 47.8 Å². The fraction of sp³-hybridized carbons (Fsp3) is 0.182. The zero-order valence-electron chi connectivity index (χ0n) is 8.64. The van der Waals surface area contributed by atoms with Gasteiger partial charge in [-0.3, -0.25) is 9.78 Å². The monoisotopic (exact) mass is 201 g/mol. The van der Waals surface area contributed by atoms with Crippen molar-refractivity contribution in [2.24, 2.45) is 7.05 Å². The predicted octanol–water partition coefficient (Wildman–Crippen LogP) is 1.35. The molecule has 0 radical (unpaired) electrons. The van der Waals surface area contributed by atoms with Crippen LogP contribution in [0.2, 0.25) is 0 Å². The number of nitrogens with zero attached hydrogens (tertiary/aromatic N) is 3. The molecule has 0 aliphatic rings. The average molecular weight is 201 g/mol. The van der Waals surface area contributed by atoms with E-state index in [1.807, 2.05) is 13.0 Å². The van der Waals surface area contributed by atoms with Gasteiger partial charge in [-0.15, -0.1) is 0 Å². The second-order valence-electron chi connectivity index (χ2n) is 3.44. The minimum Gasteiger partial charge on any atom is -0.331 e. The number of rotatable bonds is 2. The summed E-state index contributed by atoms with van der Waals surface area (Å²) in [6.45, 7) is 1.90. The zero-order valence-corrected chi connectivity index (χ0v) is 8.64. The Kier molecular flexibility index (Phi) is 2.33. The quantitative estimate of drug-likeness (QED) is 0.689. The summed E-state index contributed by atoms with van der Waals surface area (Å²) in [6, 6.07) is 1.81. The van der Waals surface area contributed by atoms with Gasteiger partial charge in [-0.1, -0.05) is 0 Å². The Balaban J connectivity index is 2.41. The summed E-state index contributed by atoms with van der Waals surface area (Å²) in [6.07, 6.45) is 6.63. The average Bonchev–Trinajstić information content (AvgIpc) is 2.63. The third kappa shape index (κ3) is 1.79. The molecular formula is C11H11N3O. The molecule has 4 heteroatoms. The highest BCUT2D eigenvalue weighted by atomic mass is 16.1. The van der Waals surface area contributed by atoms with Crippen LogP contribution in [0.4, 0.5) is 0 Å². The lowest BCUT2D eigenvalue weighted by Gasteiger charge is -2.01. The van der Waals surface area contributed by atoms with Crippen LogP contribution >= 0.6 is 0 Å². The Morgan fingerprint density at radius 3 is 2.80 bits per heavy atom. The van der Waals surface area contributed by atoms with E-state index in [0.717, 1.165) is 5.56 Å². The number of aryl methyl sites for hydroxylation is 2. The molecule has 2 heterocycles. The minimum atomic E-state index is -0.0984. The highest BCUT2D eigenvalue weighted by Crippen LogP contribution is 2.07. The first kappa shape index (κ1) is 9.58. The summed E-state index contributed by atoms with van der Waals surface area (Å²) in [5, 5.41) is 0. The van der Waals surface area contributed by atoms with E-state index in [4.69, 9.17) is 0 Å². The van der Waals surface area contributed by atoms with Gasteiger partial charge in [0, 0.05) is 37.4 Å². The van der Waals surface area contributed by atoms with Crippen LogP contribution < -0.4 is 0 Å². The number of ketones is 1. The van der Waals surface area contributed by atoms with E-state index in [-0.39, 0.29) is 5.78 Å². The summed E-state index contributed by atoms with van der Waals surface area (Å²) < 4.78 is 1.70. The molecule has 0 unspecified atom stereocenters. The van der Waals surface area contributed by atoms with Gasteiger partial charge in [0.15, 0.2) is 5.82 Å². The van der Waals surface area contributed by atoms with Crippen molar-refractivity contribution >= 4 is 5.78 Å². The minimum absolute atomic E-state index is 0.0984. The highest BCUT2D eigenvalue weighted by molar-refractivity contribution is 6.06. The van der Waals surface area contributed by atoms with E-state index in [0.29, 0.717) is 11.4 Å². The predicted molar refractivity (Wildman–Crippen MR) is 55.6 cm³/mol. The number of carbonyl (C=O) groups is 1. The van der Waals surface area contributed by atoms with Gasteiger partial charge in [-0.05, 0) is 18.6 Å². The normalized spacial score (nSPS) is 10.3. The number of hydrogen-bond acceptors (Lipinski definition) is 3. The lowest BCUT2D eigenvalue weighted by Crippen LogP contribution is -2.09. The van der Waals surface area contributed by atoms with Crippen molar-refractivity contribution < 1.29 is 4.79 Å². The molecule has 4 nitrogen and oxygen atoms in total. The van der Waals surface area contributed by atoms with E-state index in [9.17, 15) is 4.79 Å². The molecule has 0 aliphatic carbocycles. The second-order valence-corrected chi connectivity index (χ2v) is 3.44. The van der Waals surface area contributed by atoms with Crippen molar-refractivity contribution in [2.45, 2.75) is 6.92 Å².